The highest BCUT2D eigenvalue weighted by molar-refractivity contribution is 8.00. The van der Waals surface area contributed by atoms with Gasteiger partial charge in [-0.25, -0.2) is 4.79 Å². The number of amides is 2. The molecule has 39 heavy (non-hydrogen) atoms. The van der Waals surface area contributed by atoms with Gasteiger partial charge in [0, 0.05) is 7.11 Å². The second-order valence-corrected chi connectivity index (χ2v) is 10.3. The van der Waals surface area contributed by atoms with E-state index in [1.807, 2.05) is 66.7 Å². The summed E-state index contributed by atoms with van der Waals surface area (Å²) in [6.45, 7) is 1.51. The van der Waals surface area contributed by atoms with Crippen LogP contribution in [0.25, 0.3) is 0 Å². The van der Waals surface area contributed by atoms with Gasteiger partial charge >= 0.3 is 5.97 Å². The third-order valence-electron chi connectivity index (χ3n) is 6.54. The van der Waals surface area contributed by atoms with Crippen LogP contribution in [-0.2, 0) is 23.9 Å². The molecule has 1 saturated heterocycles. The number of carbonyl (C=O) groups is 3. The van der Waals surface area contributed by atoms with E-state index in [9.17, 15) is 14.4 Å². The maximum atomic E-state index is 13.7. The monoisotopic (exact) mass is 544 g/mol. The van der Waals surface area contributed by atoms with Crippen molar-refractivity contribution < 1.29 is 28.6 Å². The van der Waals surface area contributed by atoms with Gasteiger partial charge in [0.2, 0.25) is 0 Å². The number of thioether (sulfide) groups is 1. The highest BCUT2D eigenvalue weighted by atomic mass is 32.2. The summed E-state index contributed by atoms with van der Waals surface area (Å²) in [4.78, 5) is 40.9. The van der Waals surface area contributed by atoms with E-state index in [2.05, 4.69) is 5.32 Å². The number of ether oxygens (including phenoxy) is 3. The molecule has 0 spiro atoms. The molecule has 0 radical (unpaired) electrons. The smallest absolute Gasteiger partial charge is 0.356 e. The van der Waals surface area contributed by atoms with Gasteiger partial charge < -0.3 is 19.5 Å². The third-order valence-corrected chi connectivity index (χ3v) is 8.10. The van der Waals surface area contributed by atoms with E-state index in [-0.39, 0.29) is 12.3 Å². The molecular formula is C30H28N2O6S. The molecule has 0 bridgehead atoms. The van der Waals surface area contributed by atoms with Crippen molar-refractivity contribution in [2.24, 2.45) is 0 Å². The summed E-state index contributed by atoms with van der Waals surface area (Å²) < 4.78 is 17.2. The van der Waals surface area contributed by atoms with E-state index in [0.717, 1.165) is 11.1 Å². The summed E-state index contributed by atoms with van der Waals surface area (Å²) in [5.74, 6) is -0.911. The minimum atomic E-state index is -0.825. The Balaban J connectivity index is 1.34. The van der Waals surface area contributed by atoms with Gasteiger partial charge in [-0.3, -0.25) is 14.5 Å². The van der Waals surface area contributed by atoms with Crippen LogP contribution in [0, 0.1) is 0 Å². The Morgan fingerprint density at radius 2 is 1.49 bits per heavy atom. The van der Waals surface area contributed by atoms with Gasteiger partial charge in [-0.15, -0.1) is 0 Å². The summed E-state index contributed by atoms with van der Waals surface area (Å²) in [6.07, 6.45) is -0.670. The zero-order valence-corrected chi connectivity index (χ0v) is 22.3. The number of esters is 1. The molecule has 0 aliphatic carbocycles. The standard InChI is InChI=1S/C30H28N2O6S/c1-19-25(29(35)38-26(20-12-6-3-7-13-20)21-14-8-4-9-15-21)32-27(34)24(28(32)39-30(19)36-2)31-23(33)18-37-22-16-10-5-11-17-22/h3-17,24,26,28,30H,18H2,1-2H3,(H,31,33)/t24-,28+,30-/m0/s1. The third kappa shape index (κ3) is 5.55. The lowest BCUT2D eigenvalue weighted by atomic mass is 10.0. The van der Waals surface area contributed by atoms with Crippen molar-refractivity contribution in [2.75, 3.05) is 13.7 Å². The molecule has 3 atom stereocenters. The first-order chi connectivity index (χ1) is 19.0. The zero-order chi connectivity index (χ0) is 27.4. The van der Waals surface area contributed by atoms with Crippen molar-refractivity contribution in [3.05, 3.63) is 113 Å². The maximum absolute atomic E-state index is 13.7. The molecule has 9 heteroatoms. The van der Waals surface area contributed by atoms with E-state index in [4.69, 9.17) is 14.2 Å². The van der Waals surface area contributed by atoms with Gasteiger partial charge in [-0.1, -0.05) is 90.6 Å². The molecule has 2 aliphatic rings. The number of hydrogen-bond donors (Lipinski definition) is 1. The number of para-hydroxylation sites is 1. The Hall–Kier alpha value is -4.08. The van der Waals surface area contributed by atoms with Crippen LogP contribution in [0.1, 0.15) is 24.2 Å². The van der Waals surface area contributed by atoms with Crippen LogP contribution < -0.4 is 10.1 Å². The Bertz CT molecular complexity index is 1330. The number of fused-ring (bicyclic) bond motifs is 1. The maximum Gasteiger partial charge on any atom is 0.356 e. The van der Waals surface area contributed by atoms with Gasteiger partial charge in [0.25, 0.3) is 11.8 Å². The van der Waals surface area contributed by atoms with Crippen molar-refractivity contribution in [1.29, 1.82) is 0 Å². The van der Waals surface area contributed by atoms with Crippen molar-refractivity contribution in [3.8, 4) is 5.75 Å². The van der Waals surface area contributed by atoms with Crippen molar-refractivity contribution in [3.63, 3.8) is 0 Å². The molecule has 2 aliphatic heterocycles. The van der Waals surface area contributed by atoms with Gasteiger partial charge in [-0.05, 0) is 35.8 Å². The SMILES string of the molecule is CO[C@H]1S[C@@H]2[C@@H](NC(=O)COc3ccccc3)C(=O)N2C(C(=O)OC(c2ccccc2)c2ccccc2)=C1C. The predicted octanol–water partition coefficient (Wildman–Crippen LogP) is 4.04. The molecule has 5 rings (SSSR count). The minimum Gasteiger partial charge on any atom is -0.484 e. The lowest BCUT2D eigenvalue weighted by Gasteiger charge is -2.51. The van der Waals surface area contributed by atoms with E-state index in [1.54, 1.807) is 31.2 Å². The molecule has 0 saturated carbocycles. The molecule has 1 fully saturated rings. The quantitative estimate of drug-likeness (QED) is 0.321. The van der Waals surface area contributed by atoms with Crippen LogP contribution in [0.2, 0.25) is 0 Å². The van der Waals surface area contributed by atoms with Gasteiger partial charge in [-0.2, -0.15) is 0 Å². The van der Waals surface area contributed by atoms with Gasteiger partial charge in [0.05, 0.1) is 0 Å². The number of rotatable bonds is 9. The summed E-state index contributed by atoms with van der Waals surface area (Å²) in [7, 11) is 1.54. The number of benzene rings is 3. The second-order valence-electron chi connectivity index (χ2n) is 9.09. The topological polar surface area (TPSA) is 94.2 Å². The molecule has 1 N–H and O–H groups in total. The van der Waals surface area contributed by atoms with Crippen LogP contribution in [0.15, 0.2) is 102 Å². The Morgan fingerprint density at radius 3 is 2.05 bits per heavy atom. The average Bonchev–Trinajstić information content (AvgIpc) is 2.98. The Kier molecular flexibility index (Phi) is 7.99. The minimum absolute atomic E-state index is 0.137. The summed E-state index contributed by atoms with van der Waals surface area (Å²) in [5, 5.41) is 2.21. The lowest BCUT2D eigenvalue weighted by molar-refractivity contribution is -0.155. The Morgan fingerprint density at radius 1 is 0.923 bits per heavy atom. The molecular weight excluding hydrogens is 516 g/mol. The normalized spacial score (nSPS) is 20.2. The zero-order valence-electron chi connectivity index (χ0n) is 21.5. The fourth-order valence-electron chi connectivity index (χ4n) is 4.62. The van der Waals surface area contributed by atoms with Gasteiger partial charge in [0.1, 0.15) is 28.3 Å². The summed E-state index contributed by atoms with van der Waals surface area (Å²) in [5.41, 5.74) is 1.83. The molecule has 0 aromatic heterocycles. The largest absolute Gasteiger partial charge is 0.484 e. The van der Waals surface area contributed by atoms with Crippen molar-refractivity contribution in [2.45, 2.75) is 29.9 Å². The first-order valence-corrected chi connectivity index (χ1v) is 13.4. The molecule has 3 aromatic rings. The summed E-state index contributed by atoms with van der Waals surface area (Å²) >= 11 is 1.35. The highest BCUT2D eigenvalue weighted by Gasteiger charge is 2.56. The van der Waals surface area contributed by atoms with Crippen LogP contribution in [0.3, 0.4) is 0 Å². The van der Waals surface area contributed by atoms with E-state index in [0.29, 0.717) is 11.3 Å². The highest BCUT2D eigenvalue weighted by Crippen LogP contribution is 2.45. The molecule has 2 heterocycles. The van der Waals surface area contributed by atoms with E-state index >= 15 is 0 Å². The number of hydrogen-bond acceptors (Lipinski definition) is 7. The van der Waals surface area contributed by atoms with Crippen LogP contribution in [-0.4, -0.2) is 53.3 Å². The Labute approximate surface area is 230 Å². The molecule has 200 valence electrons. The van der Waals surface area contributed by atoms with Crippen molar-refractivity contribution >= 4 is 29.5 Å². The van der Waals surface area contributed by atoms with Crippen LogP contribution in [0.5, 0.6) is 5.75 Å². The van der Waals surface area contributed by atoms with E-state index < -0.39 is 40.7 Å². The van der Waals surface area contributed by atoms with Crippen molar-refractivity contribution in [1.82, 2.24) is 10.2 Å². The second kappa shape index (κ2) is 11.8. The predicted molar refractivity (Wildman–Crippen MR) is 146 cm³/mol. The molecule has 8 nitrogen and oxygen atoms in total. The molecule has 2 amide bonds. The molecule has 0 unspecified atom stereocenters. The number of β-lactam (4-membered cyclic amide) rings is 1. The van der Waals surface area contributed by atoms with Crippen LogP contribution >= 0.6 is 11.8 Å². The fraction of sp³-hybridized carbons (Fsp3) is 0.233. The average molecular weight is 545 g/mol. The number of carbonyl (C=O) groups excluding carboxylic acids is 3. The van der Waals surface area contributed by atoms with E-state index in [1.165, 1.54) is 23.8 Å². The van der Waals surface area contributed by atoms with Crippen LogP contribution in [0.4, 0.5) is 0 Å². The first kappa shape index (κ1) is 26.5. The number of nitrogens with one attached hydrogen (secondary N) is 1. The molecule has 3 aromatic carbocycles. The number of nitrogens with zero attached hydrogens (tertiary/aromatic N) is 1. The summed E-state index contributed by atoms with van der Waals surface area (Å²) in [6, 6.07) is 27.0. The lowest BCUT2D eigenvalue weighted by Crippen LogP contribution is -2.71. The van der Waals surface area contributed by atoms with Gasteiger partial charge in [0.15, 0.2) is 12.7 Å². The fourth-order valence-corrected chi connectivity index (χ4v) is 5.98. The number of methoxy groups -OCH3 is 1. The first-order valence-electron chi connectivity index (χ1n) is 12.5.